The van der Waals surface area contributed by atoms with Gasteiger partial charge in [0.1, 0.15) is 17.2 Å². The van der Waals surface area contributed by atoms with E-state index in [1.807, 2.05) is 49.1 Å². The van der Waals surface area contributed by atoms with Gasteiger partial charge in [0.2, 0.25) is 5.91 Å². The predicted octanol–water partition coefficient (Wildman–Crippen LogP) is 4.45. The second kappa shape index (κ2) is 9.00. The number of likely N-dealkylation sites (tertiary alicyclic amines) is 1. The first kappa shape index (κ1) is 20.1. The van der Waals surface area contributed by atoms with Crippen molar-refractivity contribution < 1.29 is 19.0 Å². The van der Waals surface area contributed by atoms with Gasteiger partial charge < -0.3 is 19.1 Å². The highest BCUT2D eigenvalue weighted by Gasteiger charge is 2.31. The fourth-order valence-corrected chi connectivity index (χ4v) is 3.74. The summed E-state index contributed by atoms with van der Waals surface area (Å²) in [5.41, 5.74) is 3.27. The van der Waals surface area contributed by atoms with Crippen molar-refractivity contribution in [3.05, 3.63) is 53.1 Å². The van der Waals surface area contributed by atoms with Crippen LogP contribution in [0.1, 0.15) is 42.0 Å². The molecule has 28 heavy (non-hydrogen) atoms. The maximum atomic E-state index is 12.9. The fraction of sp³-hybridized carbons (Fsp3) is 0.435. The molecule has 3 rings (SSSR count). The Morgan fingerprint density at radius 1 is 1.07 bits per heavy atom. The number of carbonyl (C=O) groups is 1. The van der Waals surface area contributed by atoms with E-state index in [4.69, 9.17) is 14.2 Å². The van der Waals surface area contributed by atoms with Crippen molar-refractivity contribution in [2.24, 2.45) is 0 Å². The van der Waals surface area contributed by atoms with E-state index in [9.17, 15) is 4.79 Å². The molecule has 150 valence electrons. The molecule has 1 heterocycles. The molecular weight excluding hydrogens is 354 g/mol. The molecule has 1 unspecified atom stereocenters. The molecule has 1 aliphatic rings. The molecule has 5 nitrogen and oxygen atoms in total. The van der Waals surface area contributed by atoms with Gasteiger partial charge in [0.05, 0.1) is 33.3 Å². The lowest BCUT2D eigenvalue weighted by molar-refractivity contribution is -0.132. The Morgan fingerprint density at radius 3 is 2.64 bits per heavy atom. The SMILES string of the molecule is COc1ccc(C2CCCN2C(=O)CCOc2cc(C)ccc2C)c(OC)c1. The van der Waals surface area contributed by atoms with Gasteiger partial charge in [-0.25, -0.2) is 0 Å². The number of carbonyl (C=O) groups excluding carboxylic acids is 1. The Kier molecular flexibility index (Phi) is 6.45. The summed E-state index contributed by atoms with van der Waals surface area (Å²) >= 11 is 0. The number of ether oxygens (including phenoxy) is 3. The third-order valence-electron chi connectivity index (χ3n) is 5.29. The summed E-state index contributed by atoms with van der Waals surface area (Å²) in [6, 6.07) is 11.9. The van der Waals surface area contributed by atoms with Crippen LogP contribution in [-0.4, -0.2) is 38.2 Å². The minimum atomic E-state index is 0.0362. The summed E-state index contributed by atoms with van der Waals surface area (Å²) in [5, 5.41) is 0. The lowest BCUT2D eigenvalue weighted by Crippen LogP contribution is -2.31. The van der Waals surface area contributed by atoms with Crippen LogP contribution < -0.4 is 14.2 Å². The minimum absolute atomic E-state index is 0.0362. The van der Waals surface area contributed by atoms with Crippen LogP contribution >= 0.6 is 0 Å². The Labute approximate surface area is 167 Å². The van der Waals surface area contributed by atoms with Crippen LogP contribution in [0.3, 0.4) is 0 Å². The number of aryl methyl sites for hydroxylation is 2. The summed E-state index contributed by atoms with van der Waals surface area (Å²) in [5.74, 6) is 2.47. The van der Waals surface area contributed by atoms with Crippen molar-refractivity contribution in [3.8, 4) is 17.2 Å². The first-order valence-electron chi connectivity index (χ1n) is 9.75. The van der Waals surface area contributed by atoms with Crippen LogP contribution in [0.25, 0.3) is 0 Å². The van der Waals surface area contributed by atoms with Crippen LogP contribution in [0, 0.1) is 13.8 Å². The summed E-state index contributed by atoms with van der Waals surface area (Å²) in [6.45, 7) is 5.20. The summed E-state index contributed by atoms with van der Waals surface area (Å²) < 4.78 is 16.7. The van der Waals surface area contributed by atoms with Gasteiger partial charge in [0, 0.05) is 18.2 Å². The van der Waals surface area contributed by atoms with Crippen LogP contribution in [0.4, 0.5) is 0 Å². The van der Waals surface area contributed by atoms with Crippen molar-refractivity contribution in [1.82, 2.24) is 4.90 Å². The van der Waals surface area contributed by atoms with E-state index in [2.05, 4.69) is 6.07 Å². The molecule has 1 amide bonds. The fourth-order valence-electron chi connectivity index (χ4n) is 3.74. The van der Waals surface area contributed by atoms with E-state index in [-0.39, 0.29) is 11.9 Å². The highest BCUT2D eigenvalue weighted by Crippen LogP contribution is 2.39. The molecule has 0 spiro atoms. The van der Waals surface area contributed by atoms with Gasteiger partial charge >= 0.3 is 0 Å². The van der Waals surface area contributed by atoms with Crippen LogP contribution in [-0.2, 0) is 4.79 Å². The smallest absolute Gasteiger partial charge is 0.226 e. The third-order valence-corrected chi connectivity index (χ3v) is 5.29. The monoisotopic (exact) mass is 383 g/mol. The first-order valence-corrected chi connectivity index (χ1v) is 9.75. The van der Waals surface area contributed by atoms with Gasteiger partial charge in [0.15, 0.2) is 0 Å². The van der Waals surface area contributed by atoms with Gasteiger partial charge in [-0.05, 0) is 56.0 Å². The lowest BCUT2D eigenvalue weighted by atomic mass is 10.0. The van der Waals surface area contributed by atoms with E-state index < -0.39 is 0 Å². The van der Waals surface area contributed by atoms with E-state index in [1.165, 1.54) is 0 Å². The number of benzene rings is 2. The largest absolute Gasteiger partial charge is 0.497 e. The van der Waals surface area contributed by atoms with Crippen molar-refractivity contribution >= 4 is 5.91 Å². The van der Waals surface area contributed by atoms with Crippen molar-refractivity contribution in [3.63, 3.8) is 0 Å². The highest BCUT2D eigenvalue weighted by molar-refractivity contribution is 5.77. The molecule has 1 fully saturated rings. The normalized spacial score (nSPS) is 16.1. The molecule has 1 aliphatic heterocycles. The van der Waals surface area contributed by atoms with Gasteiger partial charge in [-0.3, -0.25) is 4.79 Å². The summed E-state index contributed by atoms with van der Waals surface area (Å²) in [7, 11) is 3.28. The molecule has 0 bridgehead atoms. The maximum Gasteiger partial charge on any atom is 0.226 e. The number of nitrogens with zero attached hydrogens (tertiary/aromatic N) is 1. The molecule has 0 saturated carbocycles. The van der Waals surface area contributed by atoms with E-state index in [0.29, 0.717) is 13.0 Å². The first-order chi connectivity index (χ1) is 13.5. The van der Waals surface area contributed by atoms with Gasteiger partial charge in [-0.1, -0.05) is 12.1 Å². The Balaban J connectivity index is 1.65. The molecule has 0 aromatic heterocycles. The molecule has 0 aliphatic carbocycles. The molecule has 0 N–H and O–H groups in total. The second-order valence-electron chi connectivity index (χ2n) is 7.22. The highest BCUT2D eigenvalue weighted by atomic mass is 16.5. The van der Waals surface area contributed by atoms with Crippen molar-refractivity contribution in [2.75, 3.05) is 27.4 Å². The molecule has 5 heteroatoms. The summed E-state index contributed by atoms with van der Waals surface area (Å²) in [4.78, 5) is 14.8. The number of hydrogen-bond acceptors (Lipinski definition) is 4. The topological polar surface area (TPSA) is 48.0 Å². The zero-order valence-electron chi connectivity index (χ0n) is 17.2. The zero-order valence-corrected chi connectivity index (χ0v) is 17.2. The lowest BCUT2D eigenvalue weighted by Gasteiger charge is -2.26. The number of amides is 1. The average Bonchev–Trinajstić information content (AvgIpc) is 3.19. The van der Waals surface area contributed by atoms with Crippen LogP contribution in [0.15, 0.2) is 36.4 Å². The molecule has 1 saturated heterocycles. The van der Waals surface area contributed by atoms with E-state index in [0.717, 1.165) is 53.3 Å². The third kappa shape index (κ3) is 4.41. The van der Waals surface area contributed by atoms with E-state index >= 15 is 0 Å². The van der Waals surface area contributed by atoms with Crippen molar-refractivity contribution in [1.29, 1.82) is 0 Å². The Bertz CT molecular complexity index is 833. The standard InChI is InChI=1S/C23H29NO4/c1-16-7-8-17(2)21(14-16)28-13-11-23(25)24-12-5-6-20(24)19-10-9-18(26-3)15-22(19)27-4/h7-10,14-15,20H,5-6,11-13H2,1-4H3. The van der Waals surface area contributed by atoms with Crippen molar-refractivity contribution in [2.45, 2.75) is 39.2 Å². The summed E-state index contributed by atoms with van der Waals surface area (Å²) in [6.07, 6.45) is 2.29. The quantitative estimate of drug-likeness (QED) is 0.709. The minimum Gasteiger partial charge on any atom is -0.497 e. The zero-order chi connectivity index (χ0) is 20.1. The van der Waals surface area contributed by atoms with E-state index in [1.54, 1.807) is 14.2 Å². The van der Waals surface area contributed by atoms with Gasteiger partial charge in [-0.15, -0.1) is 0 Å². The molecule has 1 atom stereocenters. The number of hydrogen-bond donors (Lipinski definition) is 0. The van der Waals surface area contributed by atoms with Crippen LogP contribution in [0.5, 0.6) is 17.2 Å². The number of rotatable bonds is 7. The Hall–Kier alpha value is -2.69. The van der Waals surface area contributed by atoms with Crippen LogP contribution in [0.2, 0.25) is 0 Å². The second-order valence-corrected chi connectivity index (χ2v) is 7.22. The molecule has 2 aromatic rings. The van der Waals surface area contributed by atoms with Gasteiger partial charge in [-0.2, -0.15) is 0 Å². The van der Waals surface area contributed by atoms with Gasteiger partial charge in [0.25, 0.3) is 0 Å². The molecule has 2 aromatic carbocycles. The number of methoxy groups -OCH3 is 2. The molecule has 0 radical (unpaired) electrons. The predicted molar refractivity (Wildman–Crippen MR) is 109 cm³/mol. The maximum absolute atomic E-state index is 12.9. The molecular formula is C23H29NO4. The Morgan fingerprint density at radius 2 is 1.89 bits per heavy atom. The average molecular weight is 383 g/mol.